The molecule has 20 heavy (non-hydrogen) atoms. The zero-order valence-electron chi connectivity index (χ0n) is 11.5. The second-order valence-corrected chi connectivity index (χ2v) is 5.80. The molecule has 1 aromatic heterocycles. The molecule has 4 nitrogen and oxygen atoms in total. The van der Waals surface area contributed by atoms with Crippen LogP contribution < -0.4 is 5.73 Å². The van der Waals surface area contributed by atoms with Crippen LogP contribution in [0.15, 0.2) is 36.7 Å². The Bertz CT molecular complexity index is 576. The summed E-state index contributed by atoms with van der Waals surface area (Å²) in [5, 5.41) is 0.756. The van der Waals surface area contributed by atoms with E-state index in [1.165, 1.54) is 5.56 Å². The molecule has 0 saturated heterocycles. The molecule has 0 radical (unpaired) electrons. The summed E-state index contributed by atoms with van der Waals surface area (Å²) in [6.07, 6.45) is 3.90. The Balaban J connectivity index is 1.87. The fourth-order valence-corrected chi connectivity index (χ4v) is 3.06. The van der Waals surface area contributed by atoms with E-state index >= 15 is 0 Å². The molecule has 2 atom stereocenters. The SMILES string of the molecule is CC(N)C(c1ccc(Cl)cc1)N1CCn2ccnc2C1. The maximum absolute atomic E-state index is 6.23. The molecule has 1 aliphatic rings. The van der Waals surface area contributed by atoms with E-state index in [1.807, 2.05) is 24.5 Å². The Kier molecular flexibility index (Phi) is 3.78. The third kappa shape index (κ3) is 2.59. The van der Waals surface area contributed by atoms with E-state index in [-0.39, 0.29) is 12.1 Å². The minimum atomic E-state index is 0.0534. The van der Waals surface area contributed by atoms with Crippen LogP contribution in [0.5, 0.6) is 0 Å². The Labute approximate surface area is 124 Å². The number of rotatable bonds is 3. The lowest BCUT2D eigenvalue weighted by Gasteiger charge is -2.37. The summed E-state index contributed by atoms with van der Waals surface area (Å²) in [6, 6.07) is 8.24. The summed E-state index contributed by atoms with van der Waals surface area (Å²) in [4.78, 5) is 6.81. The number of aromatic nitrogens is 2. The third-order valence-electron chi connectivity index (χ3n) is 3.88. The highest BCUT2D eigenvalue weighted by atomic mass is 35.5. The lowest BCUT2D eigenvalue weighted by molar-refractivity contribution is 0.136. The lowest BCUT2D eigenvalue weighted by atomic mass is 9.98. The number of hydrogen-bond acceptors (Lipinski definition) is 3. The van der Waals surface area contributed by atoms with Crippen LogP contribution in [0.4, 0.5) is 0 Å². The van der Waals surface area contributed by atoms with Gasteiger partial charge in [0.2, 0.25) is 0 Å². The lowest BCUT2D eigenvalue weighted by Crippen LogP contribution is -2.43. The first-order chi connectivity index (χ1) is 9.65. The second kappa shape index (κ2) is 5.56. The van der Waals surface area contributed by atoms with Gasteiger partial charge in [-0.25, -0.2) is 4.98 Å². The van der Waals surface area contributed by atoms with Gasteiger partial charge in [0.05, 0.1) is 12.6 Å². The quantitative estimate of drug-likeness (QED) is 0.944. The average molecular weight is 291 g/mol. The maximum atomic E-state index is 6.23. The molecule has 3 rings (SSSR count). The highest BCUT2D eigenvalue weighted by molar-refractivity contribution is 6.30. The topological polar surface area (TPSA) is 47.1 Å². The molecule has 0 amide bonds. The average Bonchev–Trinajstić information content (AvgIpc) is 2.88. The summed E-state index contributed by atoms with van der Waals surface area (Å²) < 4.78 is 2.20. The van der Waals surface area contributed by atoms with Crippen LogP contribution in [0, 0.1) is 0 Å². The van der Waals surface area contributed by atoms with Gasteiger partial charge in [0.1, 0.15) is 5.82 Å². The Morgan fingerprint density at radius 2 is 2.00 bits per heavy atom. The Morgan fingerprint density at radius 3 is 2.70 bits per heavy atom. The van der Waals surface area contributed by atoms with E-state index in [0.717, 1.165) is 30.5 Å². The standard InChI is InChI=1S/C15H19ClN4/c1-11(17)15(12-2-4-13(16)5-3-12)20-9-8-19-7-6-18-14(19)10-20/h2-7,11,15H,8-10,17H2,1H3. The molecule has 1 aromatic carbocycles. The Hall–Kier alpha value is -1.36. The number of nitrogens with two attached hydrogens (primary N) is 1. The van der Waals surface area contributed by atoms with Crippen LogP contribution in [0.1, 0.15) is 24.4 Å². The molecule has 1 aliphatic heterocycles. The third-order valence-corrected chi connectivity index (χ3v) is 4.13. The maximum Gasteiger partial charge on any atom is 0.122 e. The van der Waals surface area contributed by atoms with Gasteiger partial charge in [0.15, 0.2) is 0 Å². The van der Waals surface area contributed by atoms with Crippen molar-refractivity contribution in [2.75, 3.05) is 6.54 Å². The van der Waals surface area contributed by atoms with Crippen LogP contribution in [-0.2, 0) is 13.1 Å². The summed E-state index contributed by atoms with van der Waals surface area (Å²) in [5.74, 6) is 1.11. The van der Waals surface area contributed by atoms with E-state index in [4.69, 9.17) is 17.3 Å². The molecular formula is C15H19ClN4. The minimum Gasteiger partial charge on any atom is -0.333 e. The molecule has 2 N–H and O–H groups in total. The number of halogens is 1. The van der Waals surface area contributed by atoms with Gasteiger partial charge in [-0.05, 0) is 24.6 Å². The summed E-state index contributed by atoms with van der Waals surface area (Å²) in [5.41, 5.74) is 7.44. The molecule has 0 saturated carbocycles. The fourth-order valence-electron chi connectivity index (χ4n) is 2.94. The largest absolute Gasteiger partial charge is 0.333 e. The van der Waals surface area contributed by atoms with E-state index in [0.29, 0.717) is 0 Å². The predicted octanol–water partition coefficient (Wildman–Crippen LogP) is 2.44. The van der Waals surface area contributed by atoms with Crippen molar-refractivity contribution in [3.05, 3.63) is 53.1 Å². The molecule has 0 bridgehead atoms. The molecule has 2 unspecified atom stereocenters. The van der Waals surface area contributed by atoms with Crippen molar-refractivity contribution in [1.82, 2.24) is 14.5 Å². The number of fused-ring (bicyclic) bond motifs is 1. The highest BCUT2D eigenvalue weighted by Gasteiger charge is 2.27. The molecule has 2 heterocycles. The van der Waals surface area contributed by atoms with Gasteiger partial charge in [0.25, 0.3) is 0 Å². The van der Waals surface area contributed by atoms with Crippen molar-refractivity contribution >= 4 is 11.6 Å². The van der Waals surface area contributed by atoms with Gasteiger partial charge >= 0.3 is 0 Å². The number of hydrogen-bond donors (Lipinski definition) is 1. The van der Waals surface area contributed by atoms with Crippen molar-refractivity contribution in [2.45, 2.75) is 32.1 Å². The normalized spacial score (nSPS) is 18.6. The van der Waals surface area contributed by atoms with Gasteiger partial charge in [0, 0.05) is 36.5 Å². The van der Waals surface area contributed by atoms with Gasteiger partial charge in [-0.2, -0.15) is 0 Å². The van der Waals surface area contributed by atoms with Crippen LogP contribution >= 0.6 is 11.6 Å². The molecule has 0 spiro atoms. The van der Waals surface area contributed by atoms with E-state index in [9.17, 15) is 0 Å². The van der Waals surface area contributed by atoms with Crippen LogP contribution in [0.2, 0.25) is 5.02 Å². The monoisotopic (exact) mass is 290 g/mol. The van der Waals surface area contributed by atoms with Gasteiger partial charge in [-0.1, -0.05) is 23.7 Å². The van der Waals surface area contributed by atoms with Crippen LogP contribution in [-0.4, -0.2) is 27.0 Å². The first-order valence-electron chi connectivity index (χ1n) is 6.90. The molecule has 106 valence electrons. The molecule has 0 fully saturated rings. The molecule has 5 heteroatoms. The van der Waals surface area contributed by atoms with Crippen LogP contribution in [0.3, 0.4) is 0 Å². The highest BCUT2D eigenvalue weighted by Crippen LogP contribution is 2.28. The van der Waals surface area contributed by atoms with Crippen molar-refractivity contribution in [1.29, 1.82) is 0 Å². The van der Waals surface area contributed by atoms with Crippen LogP contribution in [0.25, 0.3) is 0 Å². The zero-order chi connectivity index (χ0) is 14.1. The van der Waals surface area contributed by atoms with Gasteiger partial charge in [-0.3, -0.25) is 4.90 Å². The first kappa shape index (κ1) is 13.6. The zero-order valence-corrected chi connectivity index (χ0v) is 12.3. The molecular weight excluding hydrogens is 272 g/mol. The predicted molar refractivity (Wildman–Crippen MR) is 80.5 cm³/mol. The van der Waals surface area contributed by atoms with Crippen molar-refractivity contribution < 1.29 is 0 Å². The van der Waals surface area contributed by atoms with Gasteiger partial charge < -0.3 is 10.3 Å². The van der Waals surface area contributed by atoms with Crippen molar-refractivity contribution in [3.63, 3.8) is 0 Å². The minimum absolute atomic E-state index is 0.0534. The smallest absolute Gasteiger partial charge is 0.122 e. The van der Waals surface area contributed by atoms with Gasteiger partial charge in [-0.15, -0.1) is 0 Å². The van der Waals surface area contributed by atoms with E-state index in [1.54, 1.807) is 0 Å². The fraction of sp³-hybridized carbons (Fsp3) is 0.400. The summed E-state index contributed by atoms with van der Waals surface area (Å²) in [7, 11) is 0. The second-order valence-electron chi connectivity index (χ2n) is 5.36. The molecule has 2 aromatic rings. The number of nitrogens with zero attached hydrogens (tertiary/aromatic N) is 3. The first-order valence-corrected chi connectivity index (χ1v) is 7.28. The van der Waals surface area contributed by atoms with Crippen molar-refractivity contribution in [3.8, 4) is 0 Å². The molecule has 0 aliphatic carbocycles. The van der Waals surface area contributed by atoms with E-state index < -0.39 is 0 Å². The summed E-state index contributed by atoms with van der Waals surface area (Å²) >= 11 is 5.98. The number of imidazole rings is 1. The number of benzene rings is 1. The van der Waals surface area contributed by atoms with Crippen molar-refractivity contribution in [2.24, 2.45) is 5.73 Å². The van der Waals surface area contributed by atoms with E-state index in [2.05, 4.69) is 33.5 Å². The Morgan fingerprint density at radius 1 is 1.25 bits per heavy atom. The summed E-state index contributed by atoms with van der Waals surface area (Å²) in [6.45, 7) is 4.84.